The lowest BCUT2D eigenvalue weighted by Crippen LogP contribution is -2.10. The largest absolute Gasteiger partial charge is 0.278 e. The van der Waals surface area contributed by atoms with Crippen LogP contribution in [0.2, 0.25) is 0 Å². The van der Waals surface area contributed by atoms with Gasteiger partial charge in [-0.2, -0.15) is 15.0 Å². The average molecular weight is 670 g/mol. The lowest BCUT2D eigenvalue weighted by molar-refractivity contribution is 0.893. The van der Waals surface area contributed by atoms with Gasteiger partial charge < -0.3 is 0 Å². The van der Waals surface area contributed by atoms with Crippen LogP contribution in [0.1, 0.15) is 0 Å². The van der Waals surface area contributed by atoms with Crippen LogP contribution in [0.25, 0.3) is 98.2 Å². The van der Waals surface area contributed by atoms with E-state index < -0.39 is 0 Å². The summed E-state index contributed by atoms with van der Waals surface area (Å²) in [6, 6.07) is 57.8. The Balaban J connectivity index is 1.15. The van der Waals surface area contributed by atoms with Gasteiger partial charge in [-0.25, -0.2) is 0 Å². The van der Waals surface area contributed by atoms with E-state index in [2.05, 4.69) is 173 Å². The first-order valence-corrected chi connectivity index (χ1v) is 17.9. The minimum Gasteiger partial charge on any atom is -0.278 e. The summed E-state index contributed by atoms with van der Waals surface area (Å²) in [7, 11) is 0. The van der Waals surface area contributed by atoms with E-state index in [1.165, 1.54) is 25.7 Å². The van der Waals surface area contributed by atoms with Gasteiger partial charge in [0.1, 0.15) is 0 Å². The van der Waals surface area contributed by atoms with E-state index in [-0.39, 0.29) is 0 Å². The van der Waals surface area contributed by atoms with Crippen LogP contribution in [0, 0.1) is 0 Å². The molecule has 0 amide bonds. The van der Waals surface area contributed by atoms with Gasteiger partial charge in [0, 0.05) is 47.3 Å². The summed E-state index contributed by atoms with van der Waals surface area (Å²) in [6.45, 7) is 0. The SMILES string of the molecule is c1ccc2c(c1)sc1c(-c3ccc(-c4nc(-n5c6ccccc6c6ccccc65)nc(-n5c6ccccc6c6ccccc65)n4)cc3)cccc12. The van der Waals surface area contributed by atoms with Gasteiger partial charge >= 0.3 is 0 Å². The summed E-state index contributed by atoms with van der Waals surface area (Å²) in [5.41, 5.74) is 7.52. The lowest BCUT2D eigenvalue weighted by Gasteiger charge is -2.13. The second-order valence-electron chi connectivity index (χ2n) is 12.9. The van der Waals surface area contributed by atoms with Gasteiger partial charge in [-0.05, 0) is 41.5 Å². The van der Waals surface area contributed by atoms with E-state index in [9.17, 15) is 0 Å². The fraction of sp³-hybridized carbons (Fsp3) is 0. The summed E-state index contributed by atoms with van der Waals surface area (Å²) in [5, 5.41) is 7.24. The van der Waals surface area contributed by atoms with E-state index in [4.69, 9.17) is 15.0 Å². The van der Waals surface area contributed by atoms with E-state index in [0.29, 0.717) is 17.7 Å². The van der Waals surface area contributed by atoms with Crippen molar-refractivity contribution < 1.29 is 0 Å². The molecule has 0 unspecified atom stereocenters. The highest BCUT2D eigenvalue weighted by Gasteiger charge is 2.20. The Hall–Kier alpha value is -6.63. The molecule has 5 nitrogen and oxygen atoms in total. The summed E-state index contributed by atoms with van der Waals surface area (Å²) in [4.78, 5) is 15.7. The number of rotatable bonds is 4. The third-order valence-electron chi connectivity index (χ3n) is 10.0. The molecule has 0 atom stereocenters. The average Bonchev–Trinajstić information content (AvgIpc) is 3.86. The van der Waals surface area contributed by atoms with Gasteiger partial charge in [0.2, 0.25) is 11.9 Å². The molecular weight excluding hydrogens is 643 g/mol. The van der Waals surface area contributed by atoms with Crippen molar-refractivity contribution in [3.05, 3.63) is 164 Å². The minimum atomic E-state index is 0.577. The predicted molar refractivity (Wildman–Crippen MR) is 212 cm³/mol. The Morgan fingerprint density at radius 3 is 1.31 bits per heavy atom. The molecule has 51 heavy (non-hydrogen) atoms. The molecule has 0 saturated carbocycles. The maximum absolute atomic E-state index is 5.27. The summed E-state index contributed by atoms with van der Waals surface area (Å²) in [6.07, 6.45) is 0. The molecule has 0 aliphatic carbocycles. The minimum absolute atomic E-state index is 0.577. The van der Waals surface area contributed by atoms with Crippen LogP contribution in [0.4, 0.5) is 0 Å². The van der Waals surface area contributed by atoms with Crippen molar-refractivity contribution in [1.29, 1.82) is 0 Å². The van der Waals surface area contributed by atoms with Gasteiger partial charge in [0.25, 0.3) is 0 Å². The number of aromatic nitrogens is 5. The smallest absolute Gasteiger partial charge is 0.240 e. The maximum Gasteiger partial charge on any atom is 0.240 e. The molecule has 11 aromatic rings. The third-order valence-corrected chi connectivity index (χ3v) is 11.3. The standard InChI is InChI=1S/C45H27N5S/c1-6-19-37-31(12-1)32-13-2-7-20-38(32)49(37)44-46-43(47-45(48-44)50-39-21-8-3-14-33(39)34-15-4-9-22-40(34)50)29-26-24-28(25-27-29)30-17-11-18-36-35-16-5-10-23-41(35)51-42(30)36/h1-27H. The fourth-order valence-electron chi connectivity index (χ4n) is 7.73. The fourth-order valence-corrected chi connectivity index (χ4v) is 8.97. The molecule has 0 aliphatic rings. The second-order valence-corrected chi connectivity index (χ2v) is 13.9. The summed E-state index contributed by atoms with van der Waals surface area (Å²) >= 11 is 1.85. The Morgan fingerprint density at radius 1 is 0.353 bits per heavy atom. The molecule has 4 aromatic heterocycles. The van der Waals surface area contributed by atoms with Crippen LogP contribution in [-0.4, -0.2) is 24.1 Å². The molecule has 0 saturated heterocycles. The number of nitrogens with zero attached hydrogens (tertiary/aromatic N) is 5. The van der Waals surface area contributed by atoms with Gasteiger partial charge in [-0.1, -0.05) is 133 Å². The molecule has 0 N–H and O–H groups in total. The summed E-state index contributed by atoms with van der Waals surface area (Å²) < 4.78 is 6.94. The first-order chi connectivity index (χ1) is 25.3. The van der Waals surface area contributed by atoms with Crippen molar-refractivity contribution in [2.45, 2.75) is 0 Å². The molecule has 0 spiro atoms. The van der Waals surface area contributed by atoms with Gasteiger partial charge in [-0.15, -0.1) is 11.3 Å². The van der Waals surface area contributed by atoms with Gasteiger partial charge in [0.15, 0.2) is 5.82 Å². The molecule has 7 aromatic carbocycles. The molecule has 238 valence electrons. The first-order valence-electron chi connectivity index (χ1n) is 17.0. The van der Waals surface area contributed by atoms with Crippen LogP contribution in [0.3, 0.4) is 0 Å². The zero-order valence-electron chi connectivity index (χ0n) is 27.2. The van der Waals surface area contributed by atoms with Crippen LogP contribution in [0.5, 0.6) is 0 Å². The van der Waals surface area contributed by atoms with E-state index in [1.807, 2.05) is 11.3 Å². The molecule has 0 aliphatic heterocycles. The number of hydrogen-bond donors (Lipinski definition) is 0. The molecular formula is C45H27N5S. The predicted octanol–water partition coefficient (Wildman–Crippen LogP) is 11.8. The van der Waals surface area contributed by atoms with Gasteiger partial charge in [-0.3, -0.25) is 9.13 Å². The zero-order valence-corrected chi connectivity index (χ0v) is 28.0. The van der Waals surface area contributed by atoms with E-state index >= 15 is 0 Å². The number of benzene rings is 7. The van der Waals surface area contributed by atoms with Crippen molar-refractivity contribution in [3.8, 4) is 34.4 Å². The molecule has 11 rings (SSSR count). The molecule has 0 fully saturated rings. The Labute approximate surface area is 296 Å². The number of fused-ring (bicyclic) bond motifs is 9. The van der Waals surface area contributed by atoms with Crippen molar-refractivity contribution in [2.75, 3.05) is 0 Å². The van der Waals surface area contributed by atoms with E-state index in [0.717, 1.165) is 54.7 Å². The number of thiophene rings is 1. The first kappa shape index (κ1) is 28.2. The zero-order chi connectivity index (χ0) is 33.5. The van der Waals surface area contributed by atoms with Crippen LogP contribution in [0.15, 0.2) is 164 Å². The van der Waals surface area contributed by atoms with Crippen molar-refractivity contribution >= 4 is 75.1 Å². The highest BCUT2D eigenvalue weighted by atomic mass is 32.1. The van der Waals surface area contributed by atoms with Crippen LogP contribution >= 0.6 is 11.3 Å². The highest BCUT2D eigenvalue weighted by Crippen LogP contribution is 2.40. The monoisotopic (exact) mass is 669 g/mol. The normalized spacial score (nSPS) is 11.9. The van der Waals surface area contributed by atoms with Crippen molar-refractivity contribution in [2.24, 2.45) is 0 Å². The Morgan fingerprint density at radius 2 is 0.784 bits per heavy atom. The van der Waals surface area contributed by atoms with E-state index in [1.54, 1.807) is 0 Å². The van der Waals surface area contributed by atoms with Crippen molar-refractivity contribution in [3.63, 3.8) is 0 Å². The Kier molecular flexibility index (Phi) is 6.05. The quantitative estimate of drug-likeness (QED) is 0.187. The molecule has 4 heterocycles. The number of hydrogen-bond acceptors (Lipinski definition) is 4. The molecule has 6 heteroatoms. The van der Waals surface area contributed by atoms with Gasteiger partial charge in [0.05, 0.1) is 22.1 Å². The molecule has 0 radical (unpaired) electrons. The summed E-state index contributed by atoms with van der Waals surface area (Å²) in [5.74, 6) is 1.77. The maximum atomic E-state index is 5.27. The van der Waals surface area contributed by atoms with Crippen molar-refractivity contribution in [1.82, 2.24) is 24.1 Å². The Bertz CT molecular complexity index is 2910. The topological polar surface area (TPSA) is 48.5 Å². The highest BCUT2D eigenvalue weighted by molar-refractivity contribution is 7.26. The number of para-hydroxylation sites is 4. The van der Waals surface area contributed by atoms with Crippen LogP contribution in [-0.2, 0) is 0 Å². The van der Waals surface area contributed by atoms with Crippen LogP contribution < -0.4 is 0 Å². The second kappa shape index (κ2) is 10.9. The lowest BCUT2D eigenvalue weighted by atomic mass is 10.0. The third kappa shape index (κ3) is 4.24. The molecule has 0 bridgehead atoms.